The summed E-state index contributed by atoms with van der Waals surface area (Å²) in [5, 5.41) is 4.49. The number of ether oxygens (including phenoxy) is 1. The SMILES string of the molecule is CC(C)n1nc(-c2nc(OCCN3C(=O)c4ccccc4C3=O)c(N)nc2-c2ccccc2)ccc1=O. The summed E-state index contributed by atoms with van der Waals surface area (Å²) in [5.74, 6) is -0.662. The maximum absolute atomic E-state index is 12.6. The molecular weight excluding hydrogens is 472 g/mol. The highest BCUT2D eigenvalue weighted by Gasteiger charge is 2.34. The van der Waals surface area contributed by atoms with Crippen molar-refractivity contribution in [2.75, 3.05) is 18.9 Å². The molecule has 1 aliphatic heterocycles. The molecule has 0 saturated heterocycles. The fourth-order valence-corrected chi connectivity index (χ4v) is 4.11. The first kappa shape index (κ1) is 23.9. The van der Waals surface area contributed by atoms with E-state index in [1.807, 2.05) is 44.2 Å². The lowest BCUT2D eigenvalue weighted by atomic mass is 10.1. The van der Waals surface area contributed by atoms with E-state index in [2.05, 4.69) is 15.1 Å². The average molecular weight is 497 g/mol. The summed E-state index contributed by atoms with van der Waals surface area (Å²) in [6.45, 7) is 3.70. The third-order valence-corrected chi connectivity index (χ3v) is 5.92. The minimum atomic E-state index is -0.372. The lowest BCUT2D eigenvalue weighted by molar-refractivity contribution is 0.0630. The van der Waals surface area contributed by atoms with Crippen molar-refractivity contribution in [1.82, 2.24) is 24.6 Å². The number of nitrogens with zero attached hydrogens (tertiary/aromatic N) is 5. The maximum atomic E-state index is 12.6. The van der Waals surface area contributed by atoms with E-state index in [9.17, 15) is 14.4 Å². The number of benzene rings is 2. The van der Waals surface area contributed by atoms with Crippen LogP contribution in [0.5, 0.6) is 5.88 Å². The van der Waals surface area contributed by atoms with Gasteiger partial charge in [0.2, 0.25) is 0 Å². The molecule has 3 heterocycles. The Balaban J connectivity index is 1.46. The van der Waals surface area contributed by atoms with Crippen molar-refractivity contribution in [1.29, 1.82) is 0 Å². The molecule has 2 aromatic carbocycles. The van der Waals surface area contributed by atoms with Crippen molar-refractivity contribution < 1.29 is 14.3 Å². The summed E-state index contributed by atoms with van der Waals surface area (Å²) in [7, 11) is 0. The molecular formula is C27H24N6O4. The monoisotopic (exact) mass is 496 g/mol. The Kier molecular flexibility index (Phi) is 6.22. The zero-order valence-electron chi connectivity index (χ0n) is 20.3. The van der Waals surface area contributed by atoms with Gasteiger partial charge in [-0.25, -0.2) is 14.6 Å². The molecule has 0 saturated carbocycles. The maximum Gasteiger partial charge on any atom is 0.267 e. The number of aromatic nitrogens is 4. The van der Waals surface area contributed by atoms with Gasteiger partial charge in [-0.1, -0.05) is 42.5 Å². The Labute approximate surface area is 212 Å². The van der Waals surface area contributed by atoms with E-state index in [0.29, 0.717) is 28.2 Å². The Hall–Kier alpha value is -4.86. The van der Waals surface area contributed by atoms with Gasteiger partial charge < -0.3 is 10.5 Å². The number of nitrogens with two attached hydrogens (primary N) is 1. The van der Waals surface area contributed by atoms with Crippen molar-refractivity contribution in [3.05, 3.63) is 88.2 Å². The molecule has 0 fully saturated rings. The number of carbonyl (C=O) groups is 2. The highest BCUT2D eigenvalue weighted by atomic mass is 16.5. The fraction of sp³-hybridized carbons (Fsp3) is 0.185. The van der Waals surface area contributed by atoms with E-state index in [4.69, 9.17) is 10.5 Å². The van der Waals surface area contributed by atoms with Gasteiger partial charge in [0.05, 0.1) is 23.7 Å². The van der Waals surface area contributed by atoms with Crippen LogP contribution in [-0.4, -0.2) is 49.6 Å². The van der Waals surface area contributed by atoms with Crippen molar-refractivity contribution in [2.24, 2.45) is 0 Å². The first-order valence-electron chi connectivity index (χ1n) is 11.8. The quantitative estimate of drug-likeness (QED) is 0.386. The van der Waals surface area contributed by atoms with Gasteiger partial charge in [-0.05, 0) is 32.0 Å². The van der Waals surface area contributed by atoms with Crippen molar-refractivity contribution >= 4 is 17.6 Å². The number of anilines is 1. The number of fused-ring (bicyclic) bond motifs is 1. The second kappa shape index (κ2) is 9.65. The van der Waals surface area contributed by atoms with Gasteiger partial charge in [-0.2, -0.15) is 5.10 Å². The Morgan fingerprint density at radius 1 is 0.838 bits per heavy atom. The summed E-state index contributed by atoms with van der Waals surface area (Å²) >= 11 is 0. The summed E-state index contributed by atoms with van der Waals surface area (Å²) < 4.78 is 7.17. The van der Waals surface area contributed by atoms with Crippen molar-refractivity contribution in [2.45, 2.75) is 19.9 Å². The Bertz CT molecular complexity index is 1530. The van der Waals surface area contributed by atoms with Crippen molar-refractivity contribution in [3.8, 4) is 28.5 Å². The average Bonchev–Trinajstić information content (AvgIpc) is 3.15. The van der Waals surface area contributed by atoms with Crippen LogP contribution in [0.2, 0.25) is 0 Å². The van der Waals surface area contributed by atoms with Crippen LogP contribution in [0.1, 0.15) is 40.6 Å². The predicted molar refractivity (Wildman–Crippen MR) is 137 cm³/mol. The zero-order chi connectivity index (χ0) is 26.1. The standard InChI is InChI=1S/C27H24N6O4/c1-16(2)33-21(34)13-12-20(31-33)23-22(17-8-4-3-5-9-17)29-24(28)25(30-23)37-15-14-32-26(35)18-10-6-7-11-19(18)27(32)36/h3-13,16H,14-15H2,1-2H3,(H2,28,29). The number of hydrogen-bond donors (Lipinski definition) is 1. The number of carbonyl (C=O) groups excluding carboxylic acids is 2. The molecule has 37 heavy (non-hydrogen) atoms. The number of imide groups is 1. The highest BCUT2D eigenvalue weighted by Crippen LogP contribution is 2.32. The van der Waals surface area contributed by atoms with Gasteiger partial charge >= 0.3 is 0 Å². The molecule has 5 rings (SSSR count). The molecule has 0 radical (unpaired) electrons. The van der Waals surface area contributed by atoms with Gasteiger partial charge in [0.25, 0.3) is 23.3 Å². The third-order valence-electron chi connectivity index (χ3n) is 5.92. The normalized spacial score (nSPS) is 12.8. The minimum Gasteiger partial charge on any atom is -0.473 e. The molecule has 0 bridgehead atoms. The number of nitrogen functional groups attached to an aromatic ring is 1. The second-order valence-corrected chi connectivity index (χ2v) is 8.73. The molecule has 2 aromatic heterocycles. The summed E-state index contributed by atoms with van der Waals surface area (Å²) in [6.07, 6.45) is 0. The van der Waals surface area contributed by atoms with Gasteiger partial charge in [0, 0.05) is 11.6 Å². The smallest absolute Gasteiger partial charge is 0.267 e. The largest absolute Gasteiger partial charge is 0.473 e. The molecule has 4 aromatic rings. The highest BCUT2D eigenvalue weighted by molar-refractivity contribution is 6.21. The van der Waals surface area contributed by atoms with E-state index in [0.717, 1.165) is 10.5 Å². The summed E-state index contributed by atoms with van der Waals surface area (Å²) in [4.78, 5) is 47.8. The van der Waals surface area contributed by atoms with Crippen LogP contribution >= 0.6 is 0 Å². The van der Waals surface area contributed by atoms with Crippen LogP contribution in [0, 0.1) is 0 Å². The summed E-state index contributed by atoms with van der Waals surface area (Å²) in [5.41, 5.74) is 8.75. The number of amides is 2. The third kappa shape index (κ3) is 4.44. The van der Waals surface area contributed by atoms with E-state index >= 15 is 0 Å². The van der Waals surface area contributed by atoms with E-state index in [1.54, 1.807) is 30.3 Å². The number of rotatable bonds is 7. The second-order valence-electron chi connectivity index (χ2n) is 8.73. The molecule has 1 aliphatic rings. The topological polar surface area (TPSA) is 133 Å². The molecule has 186 valence electrons. The Morgan fingerprint density at radius 3 is 2.14 bits per heavy atom. The first-order chi connectivity index (χ1) is 17.8. The molecule has 0 spiro atoms. The van der Waals surface area contributed by atoms with E-state index < -0.39 is 0 Å². The van der Waals surface area contributed by atoms with Crippen molar-refractivity contribution in [3.63, 3.8) is 0 Å². The summed E-state index contributed by atoms with van der Waals surface area (Å²) in [6, 6.07) is 18.9. The van der Waals surface area contributed by atoms with Crippen LogP contribution in [0.3, 0.4) is 0 Å². The molecule has 0 atom stereocenters. The number of hydrogen-bond acceptors (Lipinski definition) is 8. The first-order valence-corrected chi connectivity index (χ1v) is 11.8. The van der Waals surface area contributed by atoms with Crippen LogP contribution in [-0.2, 0) is 0 Å². The lowest BCUT2D eigenvalue weighted by Crippen LogP contribution is -2.33. The molecule has 2 amide bonds. The molecule has 2 N–H and O–H groups in total. The fourth-order valence-electron chi connectivity index (χ4n) is 4.11. The zero-order valence-corrected chi connectivity index (χ0v) is 20.3. The Morgan fingerprint density at radius 2 is 1.49 bits per heavy atom. The van der Waals surface area contributed by atoms with E-state index in [-0.39, 0.29) is 48.3 Å². The molecule has 0 unspecified atom stereocenters. The van der Waals surface area contributed by atoms with Crippen LogP contribution in [0.25, 0.3) is 22.6 Å². The van der Waals surface area contributed by atoms with Gasteiger partial charge in [0.15, 0.2) is 5.82 Å². The van der Waals surface area contributed by atoms with Crippen LogP contribution in [0.4, 0.5) is 5.82 Å². The minimum absolute atomic E-state index is 0.0136. The molecule has 10 heteroatoms. The van der Waals surface area contributed by atoms with Gasteiger partial charge in [0.1, 0.15) is 23.7 Å². The van der Waals surface area contributed by atoms with Gasteiger partial charge in [-0.15, -0.1) is 0 Å². The molecule has 10 nitrogen and oxygen atoms in total. The van der Waals surface area contributed by atoms with E-state index in [1.165, 1.54) is 10.7 Å². The lowest BCUT2D eigenvalue weighted by Gasteiger charge is -2.16. The van der Waals surface area contributed by atoms with Crippen LogP contribution in [0.15, 0.2) is 71.5 Å². The predicted octanol–water partition coefficient (Wildman–Crippen LogP) is 3.21. The van der Waals surface area contributed by atoms with Gasteiger partial charge in [-0.3, -0.25) is 19.3 Å². The van der Waals surface area contributed by atoms with Crippen LogP contribution < -0.4 is 16.0 Å². The molecule has 0 aliphatic carbocycles.